The molecule has 1 unspecified atom stereocenters. The van der Waals surface area contributed by atoms with Crippen molar-refractivity contribution in [2.24, 2.45) is 0 Å². The van der Waals surface area contributed by atoms with Gasteiger partial charge in [0.05, 0.1) is 6.20 Å². The van der Waals surface area contributed by atoms with Gasteiger partial charge in [0.15, 0.2) is 5.13 Å². The van der Waals surface area contributed by atoms with Crippen molar-refractivity contribution >= 4 is 22.4 Å². The quantitative estimate of drug-likeness (QED) is 0.837. The van der Waals surface area contributed by atoms with E-state index in [1.165, 1.54) is 22.6 Å². The standard InChI is InChI=1S/C14H17N5OS/c15-13-17-10(7-21-13)12(20)19-5-1-3-14(8-19)4-2-9-6-16-18-11(9)14/h6-7H,1-5,8H2,(H2,15,17)(H,16,18). The van der Waals surface area contributed by atoms with Crippen LogP contribution < -0.4 is 5.73 Å². The number of piperidine rings is 1. The Kier molecular flexibility index (Phi) is 2.78. The second-order valence-corrected chi connectivity index (χ2v) is 6.84. The van der Waals surface area contributed by atoms with Crippen LogP contribution in [0.5, 0.6) is 0 Å². The van der Waals surface area contributed by atoms with E-state index in [2.05, 4.69) is 15.2 Å². The predicted octanol–water partition coefficient (Wildman–Crippen LogP) is 1.57. The largest absolute Gasteiger partial charge is 0.375 e. The second kappa shape index (κ2) is 4.56. The number of nitrogens with one attached hydrogen (secondary N) is 1. The number of rotatable bonds is 1. The van der Waals surface area contributed by atoms with Gasteiger partial charge in [-0.15, -0.1) is 11.3 Å². The Balaban J connectivity index is 1.60. The molecule has 1 spiro atoms. The maximum Gasteiger partial charge on any atom is 0.273 e. The number of nitrogen functional groups attached to an aromatic ring is 1. The van der Waals surface area contributed by atoms with Gasteiger partial charge in [-0.3, -0.25) is 9.89 Å². The highest BCUT2D eigenvalue weighted by molar-refractivity contribution is 7.13. The van der Waals surface area contributed by atoms with E-state index in [9.17, 15) is 4.79 Å². The zero-order valence-electron chi connectivity index (χ0n) is 11.6. The van der Waals surface area contributed by atoms with Crippen LogP contribution in [0.2, 0.25) is 0 Å². The highest BCUT2D eigenvalue weighted by Gasteiger charge is 2.44. The third-order valence-corrected chi connectivity index (χ3v) is 5.40. The molecular formula is C14H17N5OS. The lowest BCUT2D eigenvalue weighted by molar-refractivity contribution is 0.0628. The van der Waals surface area contributed by atoms with Gasteiger partial charge in [0.25, 0.3) is 5.91 Å². The maximum absolute atomic E-state index is 12.6. The zero-order valence-corrected chi connectivity index (χ0v) is 12.4. The fourth-order valence-corrected chi connectivity index (χ4v) is 4.26. The summed E-state index contributed by atoms with van der Waals surface area (Å²) in [6, 6.07) is 0. The third kappa shape index (κ3) is 1.95. The first-order valence-electron chi connectivity index (χ1n) is 7.21. The lowest BCUT2D eigenvalue weighted by Gasteiger charge is -2.40. The molecule has 2 aromatic heterocycles. The first-order chi connectivity index (χ1) is 10.2. The Morgan fingerprint density at radius 3 is 3.19 bits per heavy atom. The second-order valence-electron chi connectivity index (χ2n) is 5.95. The molecule has 1 atom stereocenters. The SMILES string of the molecule is Nc1nc(C(=O)N2CCCC3(CCc4cn[nH]c43)C2)cs1. The Labute approximate surface area is 126 Å². The molecule has 0 radical (unpaired) electrons. The van der Waals surface area contributed by atoms with E-state index in [4.69, 9.17) is 5.73 Å². The first-order valence-corrected chi connectivity index (χ1v) is 8.09. The molecule has 6 nitrogen and oxygen atoms in total. The summed E-state index contributed by atoms with van der Waals surface area (Å²) in [5.41, 5.74) is 8.70. The molecule has 0 bridgehead atoms. The van der Waals surface area contributed by atoms with Crippen molar-refractivity contribution in [1.82, 2.24) is 20.1 Å². The molecule has 1 amide bonds. The molecule has 3 N–H and O–H groups in total. The zero-order chi connectivity index (χ0) is 14.4. The van der Waals surface area contributed by atoms with E-state index < -0.39 is 0 Å². The summed E-state index contributed by atoms with van der Waals surface area (Å²) in [5, 5.41) is 9.52. The van der Waals surface area contributed by atoms with E-state index >= 15 is 0 Å². The summed E-state index contributed by atoms with van der Waals surface area (Å²) < 4.78 is 0. The Hall–Kier alpha value is -1.89. The average Bonchev–Trinajstić information content (AvgIpc) is 3.18. The minimum atomic E-state index is -0.00464. The van der Waals surface area contributed by atoms with Crippen molar-refractivity contribution in [2.75, 3.05) is 18.8 Å². The Morgan fingerprint density at radius 1 is 1.48 bits per heavy atom. The van der Waals surface area contributed by atoms with Crippen LogP contribution in [0.3, 0.4) is 0 Å². The van der Waals surface area contributed by atoms with Crippen molar-refractivity contribution in [3.63, 3.8) is 0 Å². The topological polar surface area (TPSA) is 87.9 Å². The molecule has 0 aromatic carbocycles. The lowest BCUT2D eigenvalue weighted by Crippen LogP contribution is -2.48. The number of amides is 1. The van der Waals surface area contributed by atoms with Gasteiger partial charge in [-0.25, -0.2) is 4.98 Å². The molecule has 110 valence electrons. The summed E-state index contributed by atoms with van der Waals surface area (Å²) >= 11 is 1.31. The molecular weight excluding hydrogens is 286 g/mol. The summed E-state index contributed by atoms with van der Waals surface area (Å²) in [6.45, 7) is 1.54. The van der Waals surface area contributed by atoms with Gasteiger partial charge in [0, 0.05) is 29.6 Å². The average molecular weight is 303 g/mol. The van der Waals surface area contributed by atoms with E-state index in [0.29, 0.717) is 10.8 Å². The van der Waals surface area contributed by atoms with Gasteiger partial charge < -0.3 is 10.6 Å². The number of hydrogen-bond donors (Lipinski definition) is 2. The van der Waals surface area contributed by atoms with Crippen molar-refractivity contribution in [3.05, 3.63) is 28.5 Å². The number of carbonyl (C=O) groups excluding carboxylic acids is 1. The summed E-state index contributed by atoms with van der Waals surface area (Å²) in [5.74, 6) is -0.00464. The van der Waals surface area contributed by atoms with Crippen molar-refractivity contribution in [1.29, 1.82) is 0 Å². The van der Waals surface area contributed by atoms with Gasteiger partial charge >= 0.3 is 0 Å². The van der Waals surface area contributed by atoms with E-state index in [0.717, 1.165) is 38.8 Å². The van der Waals surface area contributed by atoms with Gasteiger partial charge in [0.2, 0.25) is 0 Å². The minimum Gasteiger partial charge on any atom is -0.375 e. The molecule has 7 heteroatoms. The number of carbonyl (C=O) groups is 1. The molecule has 1 aliphatic heterocycles. The van der Waals surface area contributed by atoms with E-state index in [1.54, 1.807) is 5.38 Å². The van der Waals surface area contributed by atoms with Crippen LogP contribution in [0, 0.1) is 0 Å². The monoisotopic (exact) mass is 303 g/mol. The number of fused-ring (bicyclic) bond motifs is 2. The van der Waals surface area contributed by atoms with Gasteiger partial charge in [-0.2, -0.15) is 5.10 Å². The summed E-state index contributed by atoms with van der Waals surface area (Å²) in [6.07, 6.45) is 6.21. The van der Waals surface area contributed by atoms with Gasteiger partial charge in [-0.1, -0.05) is 0 Å². The van der Waals surface area contributed by atoms with Gasteiger partial charge in [-0.05, 0) is 31.2 Å². The molecule has 2 aliphatic rings. The number of aryl methyl sites for hydroxylation is 1. The molecule has 1 fully saturated rings. The molecule has 1 saturated heterocycles. The third-order valence-electron chi connectivity index (χ3n) is 4.73. The normalized spacial score (nSPS) is 24.5. The maximum atomic E-state index is 12.6. The number of aromatic nitrogens is 3. The van der Waals surface area contributed by atoms with Crippen molar-refractivity contribution < 1.29 is 4.79 Å². The number of thiazole rings is 1. The van der Waals surface area contributed by atoms with Crippen LogP contribution in [0.25, 0.3) is 0 Å². The number of likely N-dealkylation sites (tertiary alicyclic amines) is 1. The Bertz CT molecular complexity index is 693. The predicted molar refractivity (Wildman–Crippen MR) is 80.3 cm³/mol. The van der Waals surface area contributed by atoms with E-state index in [1.807, 2.05) is 11.1 Å². The highest BCUT2D eigenvalue weighted by Crippen LogP contribution is 2.44. The molecule has 2 aromatic rings. The molecule has 4 rings (SSSR count). The summed E-state index contributed by atoms with van der Waals surface area (Å²) in [4.78, 5) is 18.6. The smallest absolute Gasteiger partial charge is 0.273 e. The highest BCUT2D eigenvalue weighted by atomic mass is 32.1. The number of hydrogen-bond acceptors (Lipinski definition) is 5. The van der Waals surface area contributed by atoms with Crippen LogP contribution in [0.1, 0.15) is 41.0 Å². The van der Waals surface area contributed by atoms with Crippen molar-refractivity contribution in [3.8, 4) is 0 Å². The number of aromatic amines is 1. The van der Waals surface area contributed by atoms with Crippen LogP contribution in [0.15, 0.2) is 11.6 Å². The van der Waals surface area contributed by atoms with Gasteiger partial charge in [0.1, 0.15) is 5.69 Å². The molecule has 21 heavy (non-hydrogen) atoms. The van der Waals surface area contributed by atoms with Crippen LogP contribution in [-0.4, -0.2) is 39.1 Å². The molecule has 0 saturated carbocycles. The molecule has 1 aliphatic carbocycles. The number of nitrogens with zero attached hydrogens (tertiary/aromatic N) is 3. The number of H-pyrrole nitrogens is 1. The number of anilines is 1. The van der Waals surface area contributed by atoms with Crippen LogP contribution >= 0.6 is 11.3 Å². The summed E-state index contributed by atoms with van der Waals surface area (Å²) in [7, 11) is 0. The fourth-order valence-electron chi connectivity index (χ4n) is 3.72. The molecule has 3 heterocycles. The fraction of sp³-hybridized carbons (Fsp3) is 0.500. The minimum absolute atomic E-state index is 0.00464. The Morgan fingerprint density at radius 2 is 2.38 bits per heavy atom. The van der Waals surface area contributed by atoms with Crippen molar-refractivity contribution in [2.45, 2.75) is 31.1 Å². The lowest BCUT2D eigenvalue weighted by atomic mass is 9.77. The van der Waals surface area contributed by atoms with E-state index in [-0.39, 0.29) is 11.3 Å². The van der Waals surface area contributed by atoms with Crippen LogP contribution in [-0.2, 0) is 11.8 Å². The van der Waals surface area contributed by atoms with Crippen LogP contribution in [0.4, 0.5) is 5.13 Å². The first kappa shape index (κ1) is 12.8. The number of nitrogens with two attached hydrogens (primary N) is 1.